The molecule has 0 aliphatic carbocycles. The predicted molar refractivity (Wildman–Crippen MR) is 89.7 cm³/mol. The minimum absolute atomic E-state index is 0.159. The van der Waals surface area contributed by atoms with Gasteiger partial charge in [0.2, 0.25) is 0 Å². The number of amides is 2. The van der Waals surface area contributed by atoms with Crippen LogP contribution >= 0.6 is 0 Å². The quantitative estimate of drug-likeness (QED) is 0.768. The lowest BCUT2D eigenvalue weighted by atomic mass is 10.2. The molecule has 0 aromatic heterocycles. The van der Waals surface area contributed by atoms with Gasteiger partial charge in [0, 0.05) is 33.2 Å². The number of nitrogens with zero attached hydrogens (tertiary/aromatic N) is 2. The van der Waals surface area contributed by atoms with Crippen molar-refractivity contribution >= 4 is 6.03 Å². The molecule has 0 saturated carbocycles. The molecule has 6 nitrogen and oxygen atoms in total. The third-order valence-electron chi connectivity index (χ3n) is 4.01. The van der Waals surface area contributed by atoms with Gasteiger partial charge in [-0.05, 0) is 30.7 Å². The summed E-state index contributed by atoms with van der Waals surface area (Å²) in [6.07, 6.45) is 0.900. The average Bonchev–Trinajstić information content (AvgIpc) is 2.59. The Hall–Kier alpha value is -1.86. The molecule has 0 unspecified atom stereocenters. The highest BCUT2D eigenvalue weighted by molar-refractivity contribution is 5.73. The van der Waals surface area contributed by atoms with Gasteiger partial charge in [-0.25, -0.2) is 9.18 Å². The monoisotopic (exact) mass is 339 g/mol. The molecule has 1 heterocycles. The maximum atomic E-state index is 13.7. The third-order valence-corrected chi connectivity index (χ3v) is 4.01. The molecule has 1 aromatic rings. The molecule has 7 heteroatoms. The van der Waals surface area contributed by atoms with E-state index in [-0.39, 0.29) is 11.8 Å². The van der Waals surface area contributed by atoms with E-state index in [4.69, 9.17) is 9.47 Å². The predicted octanol–water partition coefficient (Wildman–Crippen LogP) is 1.70. The first kappa shape index (κ1) is 18.5. The minimum atomic E-state index is -0.422. The molecule has 1 aliphatic heterocycles. The Morgan fingerprint density at radius 2 is 2.17 bits per heavy atom. The van der Waals surface area contributed by atoms with Crippen molar-refractivity contribution in [3.63, 3.8) is 0 Å². The van der Waals surface area contributed by atoms with Crippen LogP contribution < -0.4 is 10.1 Å². The number of halogens is 1. The van der Waals surface area contributed by atoms with E-state index in [0.29, 0.717) is 13.1 Å². The van der Waals surface area contributed by atoms with Crippen molar-refractivity contribution < 1.29 is 18.7 Å². The molecule has 1 aromatic carbocycles. The average molecular weight is 339 g/mol. The number of hydrogen-bond donors (Lipinski definition) is 1. The number of rotatable bonds is 7. The Morgan fingerprint density at radius 1 is 1.42 bits per heavy atom. The first-order chi connectivity index (χ1) is 11.6. The van der Waals surface area contributed by atoms with Crippen molar-refractivity contribution in [1.29, 1.82) is 0 Å². The van der Waals surface area contributed by atoms with Gasteiger partial charge in [-0.2, -0.15) is 0 Å². The Morgan fingerprint density at radius 3 is 2.83 bits per heavy atom. The molecular weight excluding hydrogens is 313 g/mol. The lowest BCUT2D eigenvalue weighted by molar-refractivity contribution is 0.0375. The van der Waals surface area contributed by atoms with Gasteiger partial charge >= 0.3 is 6.03 Å². The number of hydrogen-bond acceptors (Lipinski definition) is 4. The summed E-state index contributed by atoms with van der Waals surface area (Å²) in [5.41, 5.74) is 0.722. The fourth-order valence-electron chi connectivity index (χ4n) is 2.61. The number of ether oxygens (including phenoxy) is 2. The summed E-state index contributed by atoms with van der Waals surface area (Å²) in [5, 5.41) is 2.89. The van der Waals surface area contributed by atoms with Gasteiger partial charge < -0.3 is 19.7 Å². The summed E-state index contributed by atoms with van der Waals surface area (Å²) in [7, 11) is 3.12. The second-order valence-corrected chi connectivity index (χ2v) is 5.86. The second kappa shape index (κ2) is 9.44. The summed E-state index contributed by atoms with van der Waals surface area (Å²) in [6, 6.07) is 4.55. The van der Waals surface area contributed by atoms with Crippen molar-refractivity contribution in [2.75, 3.05) is 53.6 Å². The van der Waals surface area contributed by atoms with Gasteiger partial charge in [0.05, 0.1) is 20.3 Å². The van der Waals surface area contributed by atoms with E-state index in [9.17, 15) is 9.18 Å². The molecule has 2 rings (SSSR count). The van der Waals surface area contributed by atoms with Gasteiger partial charge in [0.25, 0.3) is 0 Å². The summed E-state index contributed by atoms with van der Waals surface area (Å²) in [5.74, 6) is -0.219. The molecular formula is C17H26FN3O3. The van der Waals surface area contributed by atoms with Gasteiger partial charge in [-0.15, -0.1) is 0 Å². The van der Waals surface area contributed by atoms with Crippen LogP contribution in [0.3, 0.4) is 0 Å². The fraction of sp³-hybridized carbons (Fsp3) is 0.588. The number of carbonyl (C=O) groups excluding carboxylic acids is 1. The van der Waals surface area contributed by atoms with Crippen molar-refractivity contribution in [2.45, 2.75) is 13.0 Å². The first-order valence-electron chi connectivity index (χ1n) is 8.21. The fourth-order valence-corrected chi connectivity index (χ4v) is 2.61. The molecule has 0 spiro atoms. The SMILES string of the molecule is COc1ccc(CN(C)C(=O)NCCCN2CCOCC2)cc1F. The molecule has 0 atom stereocenters. The normalized spacial score (nSPS) is 15.1. The number of benzene rings is 1. The zero-order valence-electron chi connectivity index (χ0n) is 14.4. The molecule has 1 fully saturated rings. The van der Waals surface area contributed by atoms with Crippen LogP contribution in [0.15, 0.2) is 18.2 Å². The Balaban J connectivity index is 1.68. The molecule has 0 radical (unpaired) electrons. The highest BCUT2D eigenvalue weighted by Gasteiger charge is 2.12. The number of morpholine rings is 1. The largest absolute Gasteiger partial charge is 0.494 e. The number of carbonyl (C=O) groups is 1. The number of methoxy groups -OCH3 is 1. The molecule has 24 heavy (non-hydrogen) atoms. The van der Waals surface area contributed by atoms with Crippen molar-refractivity contribution in [3.8, 4) is 5.75 Å². The Labute approximate surface area is 142 Å². The van der Waals surface area contributed by atoms with Crippen molar-refractivity contribution in [2.24, 2.45) is 0 Å². The molecule has 1 saturated heterocycles. The van der Waals surface area contributed by atoms with Crippen LogP contribution in [-0.4, -0.2) is 69.4 Å². The molecule has 134 valence electrons. The van der Waals surface area contributed by atoms with Crippen LogP contribution in [0.5, 0.6) is 5.75 Å². The number of nitrogens with one attached hydrogen (secondary N) is 1. The van der Waals surface area contributed by atoms with E-state index < -0.39 is 5.82 Å². The van der Waals surface area contributed by atoms with Gasteiger partial charge in [0.1, 0.15) is 0 Å². The standard InChI is InChI=1S/C17H26FN3O3/c1-20(13-14-4-5-16(23-2)15(18)12-14)17(22)19-6-3-7-21-8-10-24-11-9-21/h4-5,12H,3,6-11,13H2,1-2H3,(H,19,22). The van der Waals surface area contributed by atoms with E-state index in [1.54, 1.807) is 19.2 Å². The second-order valence-electron chi connectivity index (χ2n) is 5.86. The first-order valence-corrected chi connectivity index (χ1v) is 8.21. The van der Waals surface area contributed by atoms with E-state index in [0.717, 1.165) is 44.8 Å². The van der Waals surface area contributed by atoms with E-state index in [2.05, 4.69) is 10.2 Å². The number of urea groups is 1. The lowest BCUT2D eigenvalue weighted by Gasteiger charge is -2.26. The smallest absolute Gasteiger partial charge is 0.317 e. The van der Waals surface area contributed by atoms with Crippen LogP contribution in [0.1, 0.15) is 12.0 Å². The van der Waals surface area contributed by atoms with E-state index in [1.807, 2.05) is 0 Å². The maximum Gasteiger partial charge on any atom is 0.317 e. The van der Waals surface area contributed by atoms with E-state index in [1.165, 1.54) is 18.1 Å². The topological polar surface area (TPSA) is 54.0 Å². The molecule has 1 N–H and O–H groups in total. The van der Waals surface area contributed by atoms with Crippen LogP contribution in [0, 0.1) is 5.82 Å². The van der Waals surface area contributed by atoms with Gasteiger partial charge in [0.15, 0.2) is 11.6 Å². The summed E-state index contributed by atoms with van der Waals surface area (Å²) < 4.78 is 23.9. The highest BCUT2D eigenvalue weighted by Crippen LogP contribution is 2.18. The van der Waals surface area contributed by atoms with Crippen LogP contribution in [0.2, 0.25) is 0 Å². The summed E-state index contributed by atoms with van der Waals surface area (Å²) in [6.45, 7) is 5.40. The Kier molecular flexibility index (Phi) is 7.27. The van der Waals surface area contributed by atoms with Gasteiger partial charge in [-0.3, -0.25) is 4.90 Å². The molecule has 0 bridgehead atoms. The van der Waals surface area contributed by atoms with Crippen molar-refractivity contribution in [3.05, 3.63) is 29.6 Å². The summed E-state index contributed by atoms with van der Waals surface area (Å²) in [4.78, 5) is 15.9. The molecule has 2 amide bonds. The maximum absolute atomic E-state index is 13.7. The van der Waals surface area contributed by atoms with Crippen molar-refractivity contribution in [1.82, 2.24) is 15.1 Å². The van der Waals surface area contributed by atoms with Gasteiger partial charge in [-0.1, -0.05) is 6.07 Å². The van der Waals surface area contributed by atoms with Crippen LogP contribution in [0.4, 0.5) is 9.18 Å². The summed E-state index contributed by atoms with van der Waals surface area (Å²) >= 11 is 0. The minimum Gasteiger partial charge on any atom is -0.494 e. The third kappa shape index (κ3) is 5.65. The van der Waals surface area contributed by atoms with Crippen LogP contribution in [0.25, 0.3) is 0 Å². The zero-order valence-corrected chi connectivity index (χ0v) is 14.4. The van der Waals surface area contributed by atoms with Crippen LogP contribution in [-0.2, 0) is 11.3 Å². The zero-order chi connectivity index (χ0) is 17.4. The Bertz CT molecular complexity index is 536. The highest BCUT2D eigenvalue weighted by atomic mass is 19.1. The van der Waals surface area contributed by atoms with E-state index >= 15 is 0 Å². The molecule has 1 aliphatic rings. The lowest BCUT2D eigenvalue weighted by Crippen LogP contribution is -2.40.